The van der Waals surface area contributed by atoms with Gasteiger partial charge in [0.25, 0.3) is 0 Å². The highest BCUT2D eigenvalue weighted by molar-refractivity contribution is 6.41. The molecule has 0 saturated carbocycles. The largest absolute Gasteiger partial charge is 0.351 e. The van der Waals surface area contributed by atoms with Crippen LogP contribution in [0.4, 0.5) is 0 Å². The van der Waals surface area contributed by atoms with Gasteiger partial charge < -0.3 is 15.1 Å². The van der Waals surface area contributed by atoms with Crippen LogP contribution >= 0.6 is 0 Å². The molecule has 5 heteroatoms. The van der Waals surface area contributed by atoms with Crippen LogP contribution in [-0.2, 0) is 0 Å². The Morgan fingerprint density at radius 2 is 2.00 bits per heavy atom. The minimum absolute atomic E-state index is 0.894. The predicted octanol–water partition coefficient (Wildman–Crippen LogP) is -0.511. The molecule has 1 N–H and O–H groups in total. The third-order valence-corrected chi connectivity index (χ3v) is 2.93. The lowest BCUT2D eigenvalue weighted by atomic mass is 10.3. The molecule has 1 fully saturated rings. The summed E-state index contributed by atoms with van der Waals surface area (Å²) < 4.78 is 0. The maximum absolute atomic E-state index is 4.51. The van der Waals surface area contributed by atoms with Gasteiger partial charge >= 0.3 is 0 Å². The number of piperazine rings is 1. The summed E-state index contributed by atoms with van der Waals surface area (Å²) in [7, 11) is 0. The molecule has 5 nitrogen and oxygen atoms in total. The first-order chi connectivity index (χ1) is 7.45. The summed E-state index contributed by atoms with van der Waals surface area (Å²) in [5.41, 5.74) is 0. The molecule has 0 spiro atoms. The normalized spacial score (nSPS) is 25.1. The zero-order valence-electron chi connectivity index (χ0n) is 8.69. The molecular weight excluding hydrogens is 190 g/mol. The lowest BCUT2D eigenvalue weighted by molar-refractivity contribution is 0.358. The lowest BCUT2D eigenvalue weighted by Crippen LogP contribution is -2.51. The Bertz CT molecular complexity index is 338. The van der Waals surface area contributed by atoms with Gasteiger partial charge in [0, 0.05) is 45.1 Å². The summed E-state index contributed by atoms with van der Waals surface area (Å²) >= 11 is 0. The second-order valence-electron chi connectivity index (χ2n) is 3.89. The van der Waals surface area contributed by atoms with Crippen molar-refractivity contribution in [1.82, 2.24) is 15.1 Å². The second kappa shape index (κ2) is 3.66. The monoisotopic (exact) mass is 205 g/mol. The number of nitrogens with zero attached hydrogens (tertiary/aromatic N) is 4. The molecule has 0 aromatic rings. The van der Waals surface area contributed by atoms with Crippen LogP contribution in [0.5, 0.6) is 0 Å². The molecule has 3 rings (SSSR count). The Morgan fingerprint density at radius 1 is 1.13 bits per heavy atom. The fraction of sp³-hybridized carbons (Fsp3) is 0.600. The Hall–Kier alpha value is -1.36. The van der Waals surface area contributed by atoms with Crippen LogP contribution in [0, 0.1) is 0 Å². The van der Waals surface area contributed by atoms with Gasteiger partial charge in [-0.25, -0.2) is 4.99 Å². The second-order valence-corrected chi connectivity index (χ2v) is 3.89. The van der Waals surface area contributed by atoms with Gasteiger partial charge in [0.05, 0.1) is 6.54 Å². The van der Waals surface area contributed by atoms with Crippen molar-refractivity contribution in [3.05, 3.63) is 12.4 Å². The van der Waals surface area contributed by atoms with Gasteiger partial charge in [0.15, 0.2) is 11.7 Å². The summed E-state index contributed by atoms with van der Waals surface area (Å²) in [5.74, 6) is 2.11. The van der Waals surface area contributed by atoms with E-state index >= 15 is 0 Å². The molecule has 0 aromatic heterocycles. The van der Waals surface area contributed by atoms with Crippen LogP contribution in [0.2, 0.25) is 0 Å². The maximum atomic E-state index is 4.51. The maximum Gasteiger partial charge on any atom is 0.172 e. The average Bonchev–Trinajstić information content (AvgIpc) is 2.78. The minimum Gasteiger partial charge on any atom is -0.351 e. The van der Waals surface area contributed by atoms with Crippen LogP contribution in [0.15, 0.2) is 22.4 Å². The van der Waals surface area contributed by atoms with E-state index < -0.39 is 0 Å². The van der Waals surface area contributed by atoms with Crippen molar-refractivity contribution < 1.29 is 0 Å². The molecule has 3 aliphatic heterocycles. The van der Waals surface area contributed by atoms with Crippen molar-refractivity contribution in [2.45, 2.75) is 0 Å². The molecule has 80 valence electrons. The number of rotatable bonds is 0. The standard InChI is InChI=1S/C10H15N5/c1-5-14(6-2-11-1)9-10-13-4-8-15(10)7-3-12-9/h3,7,11H,1-2,4-6,8H2. The van der Waals surface area contributed by atoms with Crippen molar-refractivity contribution in [1.29, 1.82) is 0 Å². The first-order valence-electron chi connectivity index (χ1n) is 5.47. The molecule has 0 aromatic carbocycles. The van der Waals surface area contributed by atoms with E-state index in [1.54, 1.807) is 0 Å². The first-order valence-corrected chi connectivity index (χ1v) is 5.47. The highest BCUT2D eigenvalue weighted by atomic mass is 15.3. The Labute approximate surface area is 89.2 Å². The van der Waals surface area contributed by atoms with E-state index in [4.69, 9.17) is 0 Å². The zero-order chi connectivity index (χ0) is 10.1. The van der Waals surface area contributed by atoms with Gasteiger partial charge in [-0.2, -0.15) is 0 Å². The van der Waals surface area contributed by atoms with Crippen molar-refractivity contribution >= 4 is 11.7 Å². The van der Waals surface area contributed by atoms with Crippen molar-refractivity contribution in [2.24, 2.45) is 9.98 Å². The molecular formula is C10H15N5. The molecule has 0 atom stereocenters. The summed E-state index contributed by atoms with van der Waals surface area (Å²) in [4.78, 5) is 13.5. The van der Waals surface area contributed by atoms with Crippen LogP contribution in [0.3, 0.4) is 0 Å². The first kappa shape index (κ1) is 8.91. The summed E-state index contributed by atoms with van der Waals surface area (Å²) in [6.45, 7) is 6.02. The van der Waals surface area contributed by atoms with Gasteiger partial charge in [-0.3, -0.25) is 4.99 Å². The Kier molecular flexibility index (Phi) is 2.17. The highest BCUT2D eigenvalue weighted by Crippen LogP contribution is 2.12. The average molecular weight is 205 g/mol. The minimum atomic E-state index is 0.894. The van der Waals surface area contributed by atoms with E-state index in [0.717, 1.165) is 50.9 Å². The quantitative estimate of drug-likeness (QED) is 0.579. The van der Waals surface area contributed by atoms with E-state index in [9.17, 15) is 0 Å². The molecule has 0 amide bonds. The van der Waals surface area contributed by atoms with Gasteiger partial charge in [-0.05, 0) is 0 Å². The highest BCUT2D eigenvalue weighted by Gasteiger charge is 2.27. The van der Waals surface area contributed by atoms with Gasteiger partial charge in [0.2, 0.25) is 0 Å². The van der Waals surface area contributed by atoms with Crippen molar-refractivity contribution in [3.8, 4) is 0 Å². The third kappa shape index (κ3) is 1.52. The van der Waals surface area contributed by atoms with E-state index in [2.05, 4.69) is 25.1 Å². The van der Waals surface area contributed by atoms with E-state index in [0.29, 0.717) is 0 Å². The van der Waals surface area contributed by atoms with Gasteiger partial charge in [-0.1, -0.05) is 0 Å². The lowest BCUT2D eigenvalue weighted by Gasteiger charge is -2.32. The zero-order valence-corrected chi connectivity index (χ0v) is 8.69. The number of fused-ring (bicyclic) bond motifs is 1. The Morgan fingerprint density at radius 3 is 2.87 bits per heavy atom. The fourth-order valence-corrected chi connectivity index (χ4v) is 2.15. The topological polar surface area (TPSA) is 43.2 Å². The van der Waals surface area contributed by atoms with E-state index in [1.807, 2.05) is 12.4 Å². The van der Waals surface area contributed by atoms with E-state index in [-0.39, 0.29) is 0 Å². The number of aliphatic imine (C=N–C) groups is 2. The SMILES string of the molecule is C1=CN2CCN=C2C(N2CCNCC2)=N1. The molecule has 0 aliphatic carbocycles. The van der Waals surface area contributed by atoms with Gasteiger partial charge in [0.1, 0.15) is 0 Å². The van der Waals surface area contributed by atoms with Crippen molar-refractivity contribution in [3.63, 3.8) is 0 Å². The molecule has 3 heterocycles. The van der Waals surface area contributed by atoms with Crippen LogP contribution in [-0.4, -0.2) is 60.7 Å². The molecule has 15 heavy (non-hydrogen) atoms. The summed E-state index contributed by atoms with van der Waals surface area (Å²) in [5, 5.41) is 3.35. The molecule has 0 unspecified atom stereocenters. The number of nitrogens with one attached hydrogen (secondary N) is 1. The molecule has 0 radical (unpaired) electrons. The van der Waals surface area contributed by atoms with Crippen LogP contribution in [0.1, 0.15) is 0 Å². The smallest absolute Gasteiger partial charge is 0.172 e. The molecule has 0 bridgehead atoms. The van der Waals surface area contributed by atoms with Crippen molar-refractivity contribution in [2.75, 3.05) is 39.3 Å². The number of amidine groups is 2. The predicted molar refractivity (Wildman–Crippen MR) is 60.0 cm³/mol. The van der Waals surface area contributed by atoms with E-state index in [1.165, 1.54) is 0 Å². The third-order valence-electron chi connectivity index (χ3n) is 2.93. The summed E-state index contributed by atoms with van der Waals surface area (Å²) in [6, 6.07) is 0. The Balaban J connectivity index is 1.84. The summed E-state index contributed by atoms with van der Waals surface area (Å²) in [6.07, 6.45) is 3.89. The number of hydrogen-bond acceptors (Lipinski definition) is 5. The van der Waals surface area contributed by atoms with Crippen LogP contribution < -0.4 is 5.32 Å². The molecule has 3 aliphatic rings. The number of hydrogen-bond donors (Lipinski definition) is 1. The fourth-order valence-electron chi connectivity index (χ4n) is 2.15. The van der Waals surface area contributed by atoms with Crippen LogP contribution in [0.25, 0.3) is 0 Å². The van der Waals surface area contributed by atoms with Gasteiger partial charge in [-0.15, -0.1) is 0 Å². The molecule has 1 saturated heterocycles.